The van der Waals surface area contributed by atoms with Crippen molar-refractivity contribution in [3.05, 3.63) is 59.9 Å². The zero-order valence-corrected chi connectivity index (χ0v) is 13.4. The first-order valence-corrected chi connectivity index (χ1v) is 8.07. The Morgan fingerprint density at radius 3 is 2.70 bits per heavy atom. The molecule has 0 saturated heterocycles. The third-order valence-corrected chi connectivity index (χ3v) is 4.17. The summed E-state index contributed by atoms with van der Waals surface area (Å²) in [5, 5.41) is 0. The molecule has 2 aromatic rings. The zero-order chi connectivity index (χ0) is 16.1. The van der Waals surface area contributed by atoms with Crippen LogP contribution in [0.5, 0.6) is 5.75 Å². The fraction of sp³-hybridized carbons (Fsp3) is 0.368. The normalized spacial score (nSPS) is 13.6. The summed E-state index contributed by atoms with van der Waals surface area (Å²) in [6.07, 6.45) is 7.08. The molecular weight excluding hydrogens is 288 g/mol. The van der Waals surface area contributed by atoms with Crippen molar-refractivity contribution in [1.82, 2.24) is 9.88 Å². The van der Waals surface area contributed by atoms with Gasteiger partial charge in [-0.1, -0.05) is 12.1 Å². The Morgan fingerprint density at radius 2 is 2.00 bits per heavy atom. The van der Waals surface area contributed by atoms with Crippen LogP contribution < -0.4 is 4.74 Å². The van der Waals surface area contributed by atoms with Gasteiger partial charge in [0.25, 0.3) is 0 Å². The van der Waals surface area contributed by atoms with Crippen LogP contribution in [0.1, 0.15) is 30.4 Å². The molecule has 1 amide bonds. The van der Waals surface area contributed by atoms with Crippen molar-refractivity contribution < 1.29 is 9.53 Å². The van der Waals surface area contributed by atoms with Crippen molar-refractivity contribution >= 4 is 5.91 Å². The molecule has 0 aliphatic heterocycles. The Balaban J connectivity index is 1.60. The second kappa shape index (κ2) is 7.27. The van der Waals surface area contributed by atoms with Gasteiger partial charge in [-0.2, -0.15) is 0 Å². The van der Waals surface area contributed by atoms with Gasteiger partial charge >= 0.3 is 0 Å². The molecule has 1 aliphatic carbocycles. The van der Waals surface area contributed by atoms with Crippen LogP contribution in [0.2, 0.25) is 0 Å². The Hall–Kier alpha value is -2.36. The molecule has 1 saturated carbocycles. The SMILES string of the molecule is COc1cccc(CCC(=O)N(Cc2ccncc2)C2CC2)c1. The summed E-state index contributed by atoms with van der Waals surface area (Å²) < 4.78 is 5.24. The predicted molar refractivity (Wildman–Crippen MR) is 89.1 cm³/mol. The quantitative estimate of drug-likeness (QED) is 0.788. The number of carbonyl (C=O) groups is 1. The van der Waals surface area contributed by atoms with E-state index in [0.29, 0.717) is 19.0 Å². The number of pyridine rings is 1. The fourth-order valence-electron chi connectivity index (χ4n) is 2.71. The number of hydrogen-bond donors (Lipinski definition) is 0. The summed E-state index contributed by atoms with van der Waals surface area (Å²) in [7, 11) is 1.66. The third kappa shape index (κ3) is 4.31. The number of hydrogen-bond acceptors (Lipinski definition) is 3. The number of ether oxygens (including phenoxy) is 1. The largest absolute Gasteiger partial charge is 0.497 e. The van der Waals surface area contributed by atoms with Crippen LogP contribution in [-0.2, 0) is 17.8 Å². The highest BCUT2D eigenvalue weighted by Gasteiger charge is 2.32. The first kappa shape index (κ1) is 15.5. The van der Waals surface area contributed by atoms with E-state index in [1.165, 1.54) is 0 Å². The maximum absolute atomic E-state index is 12.6. The standard InChI is InChI=1S/C19H22N2O2/c1-23-18-4-2-3-15(13-18)5-8-19(22)21(17-6-7-17)14-16-9-11-20-12-10-16/h2-4,9-13,17H,5-8,14H2,1H3. The van der Waals surface area contributed by atoms with E-state index in [-0.39, 0.29) is 5.91 Å². The minimum absolute atomic E-state index is 0.229. The van der Waals surface area contributed by atoms with E-state index >= 15 is 0 Å². The van der Waals surface area contributed by atoms with Crippen molar-refractivity contribution in [3.8, 4) is 5.75 Å². The minimum atomic E-state index is 0.229. The average molecular weight is 310 g/mol. The van der Waals surface area contributed by atoms with Gasteiger partial charge in [-0.15, -0.1) is 0 Å². The topological polar surface area (TPSA) is 42.4 Å². The molecule has 1 fully saturated rings. The number of benzene rings is 1. The number of rotatable bonds is 7. The maximum Gasteiger partial charge on any atom is 0.223 e. The molecule has 0 bridgehead atoms. The lowest BCUT2D eigenvalue weighted by Crippen LogP contribution is -2.32. The van der Waals surface area contributed by atoms with Crippen molar-refractivity contribution in [1.29, 1.82) is 0 Å². The number of aryl methyl sites for hydroxylation is 1. The summed E-state index contributed by atoms with van der Waals surface area (Å²) in [6, 6.07) is 12.3. The lowest BCUT2D eigenvalue weighted by atomic mass is 10.1. The molecule has 0 unspecified atom stereocenters. The average Bonchev–Trinajstić information content (AvgIpc) is 3.43. The predicted octanol–water partition coefficient (Wildman–Crippen LogP) is 3.21. The molecule has 23 heavy (non-hydrogen) atoms. The summed E-state index contributed by atoms with van der Waals surface area (Å²) in [6.45, 7) is 0.685. The zero-order valence-electron chi connectivity index (χ0n) is 13.4. The van der Waals surface area contributed by atoms with Gasteiger partial charge in [-0.25, -0.2) is 0 Å². The van der Waals surface area contributed by atoms with Gasteiger partial charge in [0.1, 0.15) is 5.75 Å². The second-order valence-corrected chi connectivity index (χ2v) is 5.96. The van der Waals surface area contributed by atoms with E-state index < -0.39 is 0 Å². The molecular formula is C19H22N2O2. The molecule has 1 aromatic carbocycles. The Kier molecular flexibility index (Phi) is 4.91. The molecule has 0 radical (unpaired) electrons. The molecule has 0 N–H and O–H groups in total. The van der Waals surface area contributed by atoms with Crippen LogP contribution >= 0.6 is 0 Å². The van der Waals surface area contributed by atoms with Crippen molar-refractivity contribution in [2.45, 2.75) is 38.3 Å². The van der Waals surface area contributed by atoms with E-state index in [0.717, 1.165) is 36.1 Å². The maximum atomic E-state index is 12.6. The highest BCUT2D eigenvalue weighted by atomic mass is 16.5. The van der Waals surface area contributed by atoms with Crippen LogP contribution in [0.15, 0.2) is 48.8 Å². The van der Waals surface area contributed by atoms with Crippen molar-refractivity contribution in [3.63, 3.8) is 0 Å². The van der Waals surface area contributed by atoms with Gasteiger partial charge in [0.15, 0.2) is 0 Å². The number of aromatic nitrogens is 1. The number of nitrogens with zero attached hydrogens (tertiary/aromatic N) is 2. The first-order valence-electron chi connectivity index (χ1n) is 8.07. The van der Waals surface area contributed by atoms with Gasteiger partial charge in [0, 0.05) is 31.4 Å². The summed E-state index contributed by atoms with van der Waals surface area (Å²) in [5.74, 6) is 1.07. The molecule has 0 atom stereocenters. The molecule has 4 nitrogen and oxygen atoms in total. The van der Waals surface area contributed by atoms with E-state index in [9.17, 15) is 4.79 Å². The molecule has 3 rings (SSSR count). The molecule has 120 valence electrons. The number of methoxy groups -OCH3 is 1. The van der Waals surface area contributed by atoms with Crippen LogP contribution in [-0.4, -0.2) is 28.9 Å². The summed E-state index contributed by atoms with van der Waals surface area (Å²) in [4.78, 5) is 18.7. The highest BCUT2D eigenvalue weighted by Crippen LogP contribution is 2.29. The van der Waals surface area contributed by atoms with E-state index in [1.54, 1.807) is 19.5 Å². The smallest absolute Gasteiger partial charge is 0.223 e. The lowest BCUT2D eigenvalue weighted by Gasteiger charge is -2.22. The van der Waals surface area contributed by atoms with E-state index in [2.05, 4.69) is 4.98 Å². The molecule has 1 heterocycles. The van der Waals surface area contributed by atoms with Crippen LogP contribution in [0.3, 0.4) is 0 Å². The second-order valence-electron chi connectivity index (χ2n) is 5.96. The third-order valence-electron chi connectivity index (χ3n) is 4.17. The Labute approximate surface area is 137 Å². The molecule has 1 aromatic heterocycles. The fourth-order valence-corrected chi connectivity index (χ4v) is 2.71. The van der Waals surface area contributed by atoms with Gasteiger partial charge < -0.3 is 9.64 Å². The monoisotopic (exact) mass is 310 g/mol. The van der Waals surface area contributed by atoms with Crippen molar-refractivity contribution in [2.75, 3.05) is 7.11 Å². The molecule has 0 spiro atoms. The number of carbonyl (C=O) groups excluding carboxylic acids is 1. The highest BCUT2D eigenvalue weighted by molar-refractivity contribution is 5.77. The first-order chi connectivity index (χ1) is 11.3. The van der Waals surface area contributed by atoms with Crippen LogP contribution in [0, 0.1) is 0 Å². The van der Waals surface area contributed by atoms with Gasteiger partial charge in [-0.3, -0.25) is 9.78 Å². The minimum Gasteiger partial charge on any atom is -0.497 e. The van der Waals surface area contributed by atoms with Gasteiger partial charge in [0.05, 0.1) is 7.11 Å². The molecule has 4 heteroatoms. The van der Waals surface area contributed by atoms with E-state index in [1.807, 2.05) is 41.3 Å². The van der Waals surface area contributed by atoms with Crippen LogP contribution in [0.4, 0.5) is 0 Å². The van der Waals surface area contributed by atoms with Crippen LogP contribution in [0.25, 0.3) is 0 Å². The molecule has 1 aliphatic rings. The lowest BCUT2D eigenvalue weighted by molar-refractivity contribution is -0.132. The number of amides is 1. The Bertz CT molecular complexity index is 653. The van der Waals surface area contributed by atoms with Gasteiger partial charge in [0.2, 0.25) is 5.91 Å². The summed E-state index contributed by atoms with van der Waals surface area (Å²) in [5.41, 5.74) is 2.28. The van der Waals surface area contributed by atoms with Gasteiger partial charge in [-0.05, 0) is 54.7 Å². The Morgan fingerprint density at radius 1 is 1.22 bits per heavy atom. The summed E-state index contributed by atoms with van der Waals surface area (Å²) >= 11 is 0. The van der Waals surface area contributed by atoms with Crippen molar-refractivity contribution in [2.24, 2.45) is 0 Å². The van der Waals surface area contributed by atoms with E-state index in [4.69, 9.17) is 4.74 Å².